The van der Waals surface area contributed by atoms with E-state index in [-0.39, 0.29) is 19.5 Å². The minimum absolute atomic E-state index is 0. The van der Waals surface area contributed by atoms with Crippen molar-refractivity contribution in [3.05, 3.63) is 13.8 Å². The Kier molecular flexibility index (Phi) is 57.4. The Morgan fingerprint density at radius 3 is 0.938 bits per heavy atom. The molecule has 0 saturated carbocycles. The van der Waals surface area contributed by atoms with Crippen molar-refractivity contribution in [2.75, 3.05) is 0 Å². The van der Waals surface area contributed by atoms with Crippen molar-refractivity contribution in [1.82, 2.24) is 0 Å². The first-order valence-electron chi connectivity index (χ1n) is 6.83. The van der Waals surface area contributed by atoms with Crippen LogP contribution in [-0.4, -0.2) is 0 Å². The van der Waals surface area contributed by atoms with Gasteiger partial charge in [0.2, 0.25) is 0 Å². The van der Waals surface area contributed by atoms with Crippen molar-refractivity contribution in [2.45, 2.75) is 85.5 Å². The van der Waals surface area contributed by atoms with Crippen molar-refractivity contribution in [1.29, 1.82) is 0 Å². The Bertz CT molecular complexity index is 50.5. The summed E-state index contributed by atoms with van der Waals surface area (Å²) in [5.41, 5.74) is 0. The molecule has 0 aliphatic carbocycles. The molecule has 0 saturated heterocycles. The fourth-order valence-electron chi connectivity index (χ4n) is 0.677. The van der Waals surface area contributed by atoms with E-state index in [0.717, 1.165) is 12.8 Å². The molecule has 0 atom stereocenters. The third kappa shape index (κ3) is 61.9. The summed E-state index contributed by atoms with van der Waals surface area (Å²) in [5, 5.41) is 0. The zero-order valence-electron chi connectivity index (χ0n) is 12.5. The van der Waals surface area contributed by atoms with E-state index in [0.29, 0.717) is 0 Å². The number of hydrogen-bond donors (Lipinski definition) is 0. The van der Waals surface area contributed by atoms with E-state index in [1.165, 1.54) is 44.9 Å². The van der Waals surface area contributed by atoms with Gasteiger partial charge in [-0.1, -0.05) is 72.6 Å². The molecule has 0 rings (SSSR count). The third-order valence-electron chi connectivity index (χ3n) is 1.91. The minimum Gasteiger partial charge on any atom is -0.343 e. The quantitative estimate of drug-likeness (QED) is 0.308. The molecule has 0 aromatic rings. The molecular formula is C15H34Zn. The van der Waals surface area contributed by atoms with E-state index in [9.17, 15) is 0 Å². The molecule has 0 nitrogen and oxygen atoms in total. The van der Waals surface area contributed by atoms with Gasteiger partial charge in [-0.3, -0.25) is 0 Å². The van der Waals surface area contributed by atoms with Crippen molar-refractivity contribution in [3.8, 4) is 0 Å². The molecule has 0 fully saturated rings. The summed E-state index contributed by atoms with van der Waals surface area (Å²) >= 11 is 0. The van der Waals surface area contributed by atoms with Crippen molar-refractivity contribution >= 4 is 0 Å². The first kappa shape index (κ1) is 25.5. The molecule has 0 aromatic heterocycles. The van der Waals surface area contributed by atoms with Crippen LogP contribution in [0.4, 0.5) is 0 Å². The Labute approximate surface area is 119 Å². The maximum absolute atomic E-state index is 3.60. The fourth-order valence-corrected chi connectivity index (χ4v) is 0.677. The molecule has 0 spiro atoms. The van der Waals surface area contributed by atoms with Gasteiger partial charge in [-0.25, -0.2) is 0 Å². The fraction of sp³-hybridized carbons (Fsp3) is 0.867. The second kappa shape index (κ2) is 36.1. The number of rotatable bonds is 6. The summed E-state index contributed by atoms with van der Waals surface area (Å²) in [4.78, 5) is 0. The van der Waals surface area contributed by atoms with Crippen molar-refractivity contribution in [3.63, 3.8) is 0 Å². The average molecular weight is 280 g/mol. The molecular weight excluding hydrogens is 246 g/mol. The minimum atomic E-state index is 0. The van der Waals surface area contributed by atoms with E-state index in [1.807, 2.05) is 0 Å². The van der Waals surface area contributed by atoms with Crippen LogP contribution in [0.15, 0.2) is 0 Å². The van der Waals surface area contributed by atoms with Crippen LogP contribution in [0.3, 0.4) is 0 Å². The molecule has 0 amide bonds. The topological polar surface area (TPSA) is 0 Å². The molecule has 96 valence electrons. The summed E-state index contributed by atoms with van der Waals surface area (Å²) in [6.45, 7) is 15.9. The van der Waals surface area contributed by atoms with E-state index in [1.54, 1.807) is 0 Å². The molecule has 0 N–H and O–H groups in total. The van der Waals surface area contributed by atoms with Crippen LogP contribution in [-0.2, 0) is 19.5 Å². The van der Waals surface area contributed by atoms with Crippen molar-refractivity contribution in [2.24, 2.45) is 0 Å². The summed E-state index contributed by atoms with van der Waals surface area (Å²) < 4.78 is 0. The van der Waals surface area contributed by atoms with Crippen LogP contribution >= 0.6 is 0 Å². The first-order chi connectivity index (χ1) is 7.24. The zero-order chi connectivity index (χ0) is 12.4. The monoisotopic (exact) mass is 278 g/mol. The van der Waals surface area contributed by atoms with Gasteiger partial charge in [-0.15, -0.1) is 0 Å². The standard InChI is InChI=1S/C7H16.2C4H9.Zn/c1-3-5-7-6-4-2;2*1-3-4-2;/h3-7H2,1-2H3;2*1,3-4H2,2H3;/q;2*-1;+2. The maximum Gasteiger partial charge on any atom is 2.00 e. The van der Waals surface area contributed by atoms with Crippen LogP contribution < -0.4 is 0 Å². The molecule has 0 aliphatic heterocycles. The van der Waals surface area contributed by atoms with Crippen LogP contribution in [0, 0.1) is 13.8 Å². The summed E-state index contributed by atoms with van der Waals surface area (Å²) in [7, 11) is 0. The predicted octanol–water partition coefficient (Wildman–Crippen LogP) is 6.22. The molecule has 0 aliphatic rings. The molecule has 1 heteroatoms. The van der Waals surface area contributed by atoms with Crippen LogP contribution in [0.2, 0.25) is 0 Å². The molecule has 0 radical (unpaired) electrons. The Morgan fingerprint density at radius 2 is 0.812 bits per heavy atom. The molecule has 16 heavy (non-hydrogen) atoms. The van der Waals surface area contributed by atoms with Crippen LogP contribution in [0.25, 0.3) is 0 Å². The smallest absolute Gasteiger partial charge is 0.343 e. The molecule has 0 heterocycles. The average Bonchev–Trinajstić information content (AvgIpc) is 2.30. The largest absolute Gasteiger partial charge is 2.00 e. The van der Waals surface area contributed by atoms with E-state index < -0.39 is 0 Å². The Balaban J connectivity index is -0.0000000700. The summed E-state index contributed by atoms with van der Waals surface area (Å²) in [5.74, 6) is 0. The molecule has 0 bridgehead atoms. The van der Waals surface area contributed by atoms with E-state index in [2.05, 4.69) is 41.5 Å². The second-order valence-electron chi connectivity index (χ2n) is 3.77. The molecule has 0 aromatic carbocycles. The second-order valence-corrected chi connectivity index (χ2v) is 3.77. The van der Waals surface area contributed by atoms with Crippen LogP contribution in [0.1, 0.15) is 85.5 Å². The summed E-state index contributed by atoms with van der Waals surface area (Å²) in [6, 6.07) is 0. The van der Waals surface area contributed by atoms with Gasteiger partial charge in [0.1, 0.15) is 0 Å². The van der Waals surface area contributed by atoms with E-state index in [4.69, 9.17) is 0 Å². The van der Waals surface area contributed by atoms with Gasteiger partial charge in [0.05, 0.1) is 0 Å². The van der Waals surface area contributed by atoms with Gasteiger partial charge in [0, 0.05) is 0 Å². The Hall–Kier alpha value is 0.623. The first-order valence-corrected chi connectivity index (χ1v) is 6.83. The zero-order valence-corrected chi connectivity index (χ0v) is 15.5. The Morgan fingerprint density at radius 1 is 0.562 bits per heavy atom. The van der Waals surface area contributed by atoms with Gasteiger partial charge in [-0.2, -0.15) is 12.8 Å². The molecule has 0 unspecified atom stereocenters. The van der Waals surface area contributed by atoms with Crippen molar-refractivity contribution < 1.29 is 19.5 Å². The van der Waals surface area contributed by atoms with Gasteiger partial charge in [-0.05, 0) is 0 Å². The predicted molar refractivity (Wildman–Crippen MR) is 75.0 cm³/mol. The maximum atomic E-state index is 3.60. The van der Waals surface area contributed by atoms with Crippen LogP contribution in [0.5, 0.6) is 0 Å². The summed E-state index contributed by atoms with van der Waals surface area (Å²) in [6.07, 6.45) is 11.6. The van der Waals surface area contributed by atoms with E-state index >= 15 is 0 Å². The van der Waals surface area contributed by atoms with Gasteiger partial charge in [0.15, 0.2) is 0 Å². The van der Waals surface area contributed by atoms with Gasteiger partial charge in [0.25, 0.3) is 0 Å². The van der Waals surface area contributed by atoms with Gasteiger partial charge >= 0.3 is 19.5 Å². The number of unbranched alkanes of at least 4 members (excludes halogenated alkanes) is 6. The number of hydrogen-bond acceptors (Lipinski definition) is 0. The normalized spacial score (nSPS) is 7.88. The third-order valence-corrected chi connectivity index (χ3v) is 1.91. The van der Waals surface area contributed by atoms with Gasteiger partial charge < -0.3 is 13.8 Å². The SMILES string of the molecule is CCCCCCC.[CH2-]CCC.[CH2-]CCC.[Zn+2].